The van der Waals surface area contributed by atoms with Gasteiger partial charge in [0.2, 0.25) is 0 Å². The highest BCUT2D eigenvalue weighted by Crippen LogP contribution is 2.18. The molecule has 1 aliphatic heterocycles. The molecule has 0 aromatic heterocycles. The quantitative estimate of drug-likeness (QED) is 0.410. The van der Waals surface area contributed by atoms with Gasteiger partial charge in [-0.2, -0.15) is 0 Å². The van der Waals surface area contributed by atoms with E-state index in [4.69, 9.17) is 4.74 Å². The molecule has 130 valence electrons. The van der Waals surface area contributed by atoms with Crippen LogP contribution in [0.25, 0.3) is 0 Å². The summed E-state index contributed by atoms with van der Waals surface area (Å²) in [4.78, 5) is 6.66. The predicted octanol–water partition coefficient (Wildman–Crippen LogP) is 1.14. The molecule has 1 aliphatic rings. The molecule has 0 atom stereocenters. The second kappa shape index (κ2) is 10.0. The second-order valence-corrected chi connectivity index (χ2v) is 8.24. The van der Waals surface area contributed by atoms with E-state index < -0.39 is 9.84 Å². The van der Waals surface area contributed by atoms with Gasteiger partial charge in [0.1, 0.15) is 9.84 Å². The third-order valence-electron chi connectivity index (χ3n) is 3.84. The monoisotopic (exact) mass is 333 g/mol. The summed E-state index contributed by atoms with van der Waals surface area (Å²) in [6.45, 7) is 6.12. The van der Waals surface area contributed by atoms with E-state index in [2.05, 4.69) is 15.2 Å². The summed E-state index contributed by atoms with van der Waals surface area (Å²) in [6, 6.07) is 0. The molecular formula is C15H31N3O3S. The molecule has 1 N–H and O–H groups in total. The molecule has 6 nitrogen and oxygen atoms in total. The molecule has 0 saturated carbocycles. The van der Waals surface area contributed by atoms with Gasteiger partial charge in [0, 0.05) is 46.2 Å². The number of ether oxygens (including phenoxy) is 1. The van der Waals surface area contributed by atoms with Crippen molar-refractivity contribution in [1.29, 1.82) is 0 Å². The van der Waals surface area contributed by atoms with Crippen LogP contribution in [0.15, 0.2) is 4.99 Å². The van der Waals surface area contributed by atoms with Crippen molar-refractivity contribution in [3.05, 3.63) is 0 Å². The van der Waals surface area contributed by atoms with Gasteiger partial charge in [0.05, 0.1) is 5.75 Å². The molecule has 0 amide bonds. The summed E-state index contributed by atoms with van der Waals surface area (Å²) >= 11 is 0. The first-order chi connectivity index (χ1) is 10.4. The normalized spacial score (nSPS) is 17.5. The van der Waals surface area contributed by atoms with Crippen LogP contribution >= 0.6 is 0 Å². The Labute approximate surface area is 135 Å². The van der Waals surface area contributed by atoms with E-state index in [0.29, 0.717) is 13.0 Å². The van der Waals surface area contributed by atoms with Crippen molar-refractivity contribution in [3.63, 3.8) is 0 Å². The van der Waals surface area contributed by atoms with Crippen molar-refractivity contribution in [1.82, 2.24) is 10.2 Å². The number of guanidine groups is 1. The van der Waals surface area contributed by atoms with E-state index in [1.54, 1.807) is 0 Å². The maximum atomic E-state index is 11.1. The van der Waals surface area contributed by atoms with Crippen LogP contribution in [-0.2, 0) is 14.6 Å². The molecule has 0 unspecified atom stereocenters. The lowest BCUT2D eigenvalue weighted by molar-refractivity contribution is 0.0625. The van der Waals surface area contributed by atoms with Gasteiger partial charge in [0.15, 0.2) is 5.96 Å². The first-order valence-corrected chi connectivity index (χ1v) is 10.2. The summed E-state index contributed by atoms with van der Waals surface area (Å²) in [6.07, 6.45) is 5.28. The molecule has 0 radical (unpaired) electrons. The zero-order valence-electron chi connectivity index (χ0n) is 14.2. The van der Waals surface area contributed by atoms with Gasteiger partial charge in [-0.25, -0.2) is 8.42 Å². The van der Waals surface area contributed by atoms with E-state index in [1.807, 2.05) is 14.0 Å². The Kier molecular flexibility index (Phi) is 8.78. The van der Waals surface area contributed by atoms with Gasteiger partial charge in [-0.05, 0) is 38.5 Å². The summed E-state index contributed by atoms with van der Waals surface area (Å²) in [5.41, 5.74) is 0. The summed E-state index contributed by atoms with van der Waals surface area (Å²) in [5.74, 6) is 1.80. The number of hydrogen-bond donors (Lipinski definition) is 1. The first-order valence-electron chi connectivity index (χ1n) is 8.17. The van der Waals surface area contributed by atoms with E-state index in [9.17, 15) is 8.42 Å². The molecule has 22 heavy (non-hydrogen) atoms. The van der Waals surface area contributed by atoms with Crippen LogP contribution in [0, 0.1) is 5.92 Å². The van der Waals surface area contributed by atoms with Crippen LogP contribution < -0.4 is 5.32 Å². The fraction of sp³-hybridized carbons (Fsp3) is 0.933. The smallest absolute Gasteiger partial charge is 0.193 e. The molecule has 1 fully saturated rings. The maximum absolute atomic E-state index is 11.1. The third kappa shape index (κ3) is 8.58. The minimum atomic E-state index is -2.89. The van der Waals surface area contributed by atoms with Gasteiger partial charge in [-0.3, -0.25) is 4.99 Å². The molecule has 0 aromatic carbocycles. The van der Waals surface area contributed by atoms with Crippen molar-refractivity contribution >= 4 is 15.8 Å². The van der Waals surface area contributed by atoms with Gasteiger partial charge < -0.3 is 15.0 Å². The van der Waals surface area contributed by atoms with Gasteiger partial charge >= 0.3 is 0 Å². The van der Waals surface area contributed by atoms with Crippen LogP contribution in [0.2, 0.25) is 0 Å². The molecule has 0 bridgehead atoms. The van der Waals surface area contributed by atoms with Crippen LogP contribution in [-0.4, -0.2) is 71.2 Å². The SMILES string of the molecule is CCNC(=NCCCS(C)(=O)=O)N(C)CCC1CCOCC1. The number of hydrogen-bond acceptors (Lipinski definition) is 4. The van der Waals surface area contributed by atoms with Crippen molar-refractivity contribution in [3.8, 4) is 0 Å². The summed E-state index contributed by atoms with van der Waals surface area (Å²) < 4.78 is 27.6. The Morgan fingerprint density at radius 2 is 2.05 bits per heavy atom. The van der Waals surface area contributed by atoms with E-state index in [1.165, 1.54) is 6.26 Å². The topological polar surface area (TPSA) is 71.0 Å². The van der Waals surface area contributed by atoms with Gasteiger partial charge in [-0.15, -0.1) is 0 Å². The van der Waals surface area contributed by atoms with Crippen LogP contribution in [0.4, 0.5) is 0 Å². The number of aliphatic imine (C=N–C) groups is 1. The number of sulfone groups is 1. The van der Waals surface area contributed by atoms with Crippen LogP contribution in [0.5, 0.6) is 0 Å². The van der Waals surface area contributed by atoms with Crippen molar-refractivity contribution in [2.45, 2.75) is 32.6 Å². The number of nitrogens with zero attached hydrogens (tertiary/aromatic N) is 2. The highest BCUT2D eigenvalue weighted by Gasteiger charge is 2.15. The molecule has 0 aliphatic carbocycles. The van der Waals surface area contributed by atoms with E-state index >= 15 is 0 Å². The van der Waals surface area contributed by atoms with Gasteiger partial charge in [-0.1, -0.05) is 0 Å². The molecule has 1 rings (SSSR count). The molecule has 1 heterocycles. The third-order valence-corrected chi connectivity index (χ3v) is 4.88. The molecule has 7 heteroatoms. The Morgan fingerprint density at radius 1 is 1.36 bits per heavy atom. The van der Waals surface area contributed by atoms with Crippen molar-refractivity contribution < 1.29 is 13.2 Å². The Morgan fingerprint density at radius 3 is 2.64 bits per heavy atom. The predicted molar refractivity (Wildman–Crippen MR) is 91.1 cm³/mol. The molecule has 1 saturated heterocycles. The lowest BCUT2D eigenvalue weighted by Crippen LogP contribution is -2.40. The zero-order valence-corrected chi connectivity index (χ0v) is 15.0. The summed E-state index contributed by atoms with van der Waals surface area (Å²) in [5, 5.41) is 3.27. The Balaban J connectivity index is 2.38. The van der Waals surface area contributed by atoms with Crippen LogP contribution in [0.3, 0.4) is 0 Å². The fourth-order valence-corrected chi connectivity index (χ4v) is 3.15. The molecule has 0 spiro atoms. The van der Waals surface area contributed by atoms with E-state index in [0.717, 1.165) is 57.4 Å². The largest absolute Gasteiger partial charge is 0.381 e. The zero-order chi connectivity index (χ0) is 16.4. The van der Waals surface area contributed by atoms with Crippen molar-refractivity contribution in [2.24, 2.45) is 10.9 Å². The highest BCUT2D eigenvalue weighted by molar-refractivity contribution is 7.90. The van der Waals surface area contributed by atoms with Crippen LogP contribution in [0.1, 0.15) is 32.6 Å². The van der Waals surface area contributed by atoms with Gasteiger partial charge in [0.25, 0.3) is 0 Å². The average molecular weight is 333 g/mol. The highest BCUT2D eigenvalue weighted by atomic mass is 32.2. The number of nitrogens with one attached hydrogen (secondary N) is 1. The standard InChI is InChI=1S/C15H31N3O3S/c1-4-16-15(17-9-5-13-22(3,19)20)18(2)10-6-14-7-11-21-12-8-14/h14H,4-13H2,1-3H3,(H,16,17). The maximum Gasteiger partial charge on any atom is 0.193 e. The minimum Gasteiger partial charge on any atom is -0.381 e. The van der Waals surface area contributed by atoms with Crippen molar-refractivity contribution in [2.75, 3.05) is 51.9 Å². The lowest BCUT2D eigenvalue weighted by Gasteiger charge is -2.26. The fourth-order valence-electron chi connectivity index (χ4n) is 2.50. The Bertz CT molecular complexity index is 431. The second-order valence-electron chi connectivity index (χ2n) is 5.99. The average Bonchev–Trinajstić information content (AvgIpc) is 2.48. The lowest BCUT2D eigenvalue weighted by atomic mass is 9.96. The first kappa shape index (κ1) is 19.2. The molecule has 0 aromatic rings. The Hall–Kier alpha value is -0.820. The number of rotatable bonds is 8. The minimum absolute atomic E-state index is 0.196. The van der Waals surface area contributed by atoms with E-state index in [-0.39, 0.29) is 5.75 Å². The summed E-state index contributed by atoms with van der Waals surface area (Å²) in [7, 11) is -0.855. The molecular weight excluding hydrogens is 302 g/mol.